The third kappa shape index (κ3) is 5.79. The van der Waals surface area contributed by atoms with E-state index >= 15 is 0 Å². The third-order valence-electron chi connectivity index (χ3n) is 5.60. The molecule has 0 saturated carbocycles. The Bertz CT molecular complexity index is 613. The predicted molar refractivity (Wildman–Crippen MR) is 121 cm³/mol. The summed E-state index contributed by atoms with van der Waals surface area (Å²) in [4.78, 5) is 7.35. The molecule has 2 unspecified atom stereocenters. The summed E-state index contributed by atoms with van der Waals surface area (Å²) in [5, 5.41) is 15.8. The number of rotatable bonds is 5. The van der Waals surface area contributed by atoms with Crippen LogP contribution < -0.4 is 10.6 Å². The molecule has 3 rings (SSSR count). The van der Waals surface area contributed by atoms with Crippen LogP contribution in [0.4, 0.5) is 0 Å². The van der Waals surface area contributed by atoms with Crippen molar-refractivity contribution in [2.24, 2.45) is 10.9 Å². The number of nitrogens with zero attached hydrogens (tertiary/aromatic N) is 5. The molecule has 1 fully saturated rings. The number of likely N-dealkylation sites (tertiary alicyclic amines) is 1. The summed E-state index contributed by atoms with van der Waals surface area (Å²) in [6.07, 6.45) is 4.75. The normalized spacial score (nSPS) is 23.7. The van der Waals surface area contributed by atoms with E-state index in [2.05, 4.69) is 58.0 Å². The molecule has 1 aromatic rings. The highest BCUT2D eigenvalue weighted by molar-refractivity contribution is 14.0. The standard InChI is InChI=1S/C19H35N7.HI/c1-5-20-19(22-16-13-25(14(2)3)12-15(16)4)21-11-18-24-23-17-9-7-6-8-10-26(17)18;/h14-16H,5-13H2,1-4H3,(H2,20,21,22);1H. The van der Waals surface area contributed by atoms with Gasteiger partial charge in [-0.25, -0.2) is 4.99 Å². The number of hydrogen-bond donors (Lipinski definition) is 2. The van der Waals surface area contributed by atoms with Crippen molar-refractivity contribution >= 4 is 29.9 Å². The van der Waals surface area contributed by atoms with Crippen LogP contribution in [-0.2, 0) is 19.5 Å². The van der Waals surface area contributed by atoms with E-state index in [9.17, 15) is 0 Å². The number of hydrogen-bond acceptors (Lipinski definition) is 4. The molecule has 2 aliphatic rings. The fourth-order valence-corrected chi connectivity index (χ4v) is 3.92. The summed E-state index contributed by atoms with van der Waals surface area (Å²) in [5.74, 6) is 3.62. The van der Waals surface area contributed by atoms with Crippen LogP contribution in [0.5, 0.6) is 0 Å². The van der Waals surface area contributed by atoms with Crippen LogP contribution in [-0.4, -0.2) is 57.3 Å². The Morgan fingerprint density at radius 2 is 2.04 bits per heavy atom. The van der Waals surface area contributed by atoms with E-state index in [0.29, 0.717) is 24.5 Å². The lowest BCUT2D eigenvalue weighted by Crippen LogP contribution is -2.46. The van der Waals surface area contributed by atoms with Gasteiger partial charge >= 0.3 is 0 Å². The van der Waals surface area contributed by atoms with Crippen molar-refractivity contribution in [3.8, 4) is 0 Å². The highest BCUT2D eigenvalue weighted by atomic mass is 127. The van der Waals surface area contributed by atoms with Crippen LogP contribution in [0.15, 0.2) is 4.99 Å². The molecular formula is C19H36IN7. The maximum Gasteiger partial charge on any atom is 0.191 e. The van der Waals surface area contributed by atoms with Gasteiger partial charge in [-0.15, -0.1) is 34.2 Å². The average Bonchev–Trinajstić information content (AvgIpc) is 3.08. The molecule has 2 aliphatic heterocycles. The average molecular weight is 489 g/mol. The van der Waals surface area contributed by atoms with E-state index in [1.54, 1.807) is 0 Å². The molecule has 2 atom stereocenters. The molecule has 0 aliphatic carbocycles. The molecular weight excluding hydrogens is 453 g/mol. The zero-order valence-corrected chi connectivity index (χ0v) is 19.6. The molecule has 1 saturated heterocycles. The first-order chi connectivity index (χ1) is 12.6. The van der Waals surface area contributed by atoms with Crippen molar-refractivity contribution in [1.82, 2.24) is 30.3 Å². The maximum absolute atomic E-state index is 4.82. The van der Waals surface area contributed by atoms with Gasteiger partial charge in [0.2, 0.25) is 0 Å². The molecule has 154 valence electrons. The van der Waals surface area contributed by atoms with Crippen LogP contribution in [0, 0.1) is 5.92 Å². The lowest BCUT2D eigenvalue weighted by molar-refractivity contribution is 0.265. The Morgan fingerprint density at radius 1 is 1.22 bits per heavy atom. The molecule has 7 nitrogen and oxygen atoms in total. The van der Waals surface area contributed by atoms with Gasteiger partial charge in [0.1, 0.15) is 12.4 Å². The smallest absolute Gasteiger partial charge is 0.191 e. The first kappa shape index (κ1) is 22.4. The van der Waals surface area contributed by atoms with Gasteiger partial charge in [-0.05, 0) is 39.5 Å². The second-order valence-electron chi connectivity index (χ2n) is 7.97. The molecule has 0 amide bonds. The number of aliphatic imine (C=N–C) groups is 1. The summed E-state index contributed by atoms with van der Waals surface area (Å²) >= 11 is 0. The molecule has 0 spiro atoms. The Kier molecular flexibility index (Phi) is 8.78. The molecule has 3 heterocycles. The summed E-state index contributed by atoms with van der Waals surface area (Å²) in [7, 11) is 0. The first-order valence-corrected chi connectivity index (χ1v) is 10.3. The first-order valence-electron chi connectivity index (χ1n) is 10.3. The summed E-state index contributed by atoms with van der Waals surface area (Å²) < 4.78 is 2.28. The Balaban J connectivity index is 0.00000261. The topological polar surface area (TPSA) is 70.4 Å². The summed E-state index contributed by atoms with van der Waals surface area (Å²) in [6.45, 7) is 13.7. The Morgan fingerprint density at radius 3 is 2.74 bits per heavy atom. The van der Waals surface area contributed by atoms with Crippen molar-refractivity contribution in [3.05, 3.63) is 11.6 Å². The number of nitrogens with one attached hydrogen (secondary N) is 2. The molecule has 0 bridgehead atoms. The molecule has 0 radical (unpaired) electrons. The fourth-order valence-electron chi connectivity index (χ4n) is 3.92. The maximum atomic E-state index is 4.82. The number of guanidine groups is 1. The second-order valence-corrected chi connectivity index (χ2v) is 7.97. The van der Waals surface area contributed by atoms with Gasteiger partial charge in [0.15, 0.2) is 11.8 Å². The van der Waals surface area contributed by atoms with Crippen molar-refractivity contribution in [3.63, 3.8) is 0 Å². The number of aromatic nitrogens is 3. The summed E-state index contributed by atoms with van der Waals surface area (Å²) in [6, 6.07) is 1.03. The van der Waals surface area contributed by atoms with Crippen LogP contribution in [0.2, 0.25) is 0 Å². The zero-order valence-electron chi connectivity index (χ0n) is 17.2. The van der Waals surface area contributed by atoms with Gasteiger partial charge in [-0.2, -0.15) is 0 Å². The van der Waals surface area contributed by atoms with Crippen LogP contribution in [0.1, 0.15) is 58.6 Å². The zero-order chi connectivity index (χ0) is 18.5. The van der Waals surface area contributed by atoms with Crippen molar-refractivity contribution in [2.75, 3.05) is 19.6 Å². The second kappa shape index (κ2) is 10.6. The van der Waals surface area contributed by atoms with Gasteiger partial charge in [0.05, 0.1) is 0 Å². The van der Waals surface area contributed by atoms with Crippen molar-refractivity contribution < 1.29 is 0 Å². The predicted octanol–water partition coefficient (Wildman–Crippen LogP) is 2.41. The van der Waals surface area contributed by atoms with E-state index in [4.69, 9.17) is 4.99 Å². The molecule has 0 aromatic carbocycles. The monoisotopic (exact) mass is 489 g/mol. The molecule has 8 heteroatoms. The van der Waals surface area contributed by atoms with E-state index < -0.39 is 0 Å². The van der Waals surface area contributed by atoms with Crippen molar-refractivity contribution in [2.45, 2.75) is 78.6 Å². The van der Waals surface area contributed by atoms with Gasteiger partial charge < -0.3 is 15.2 Å². The quantitative estimate of drug-likeness (QED) is 0.378. The summed E-state index contributed by atoms with van der Waals surface area (Å²) in [5.41, 5.74) is 0. The SMILES string of the molecule is CCNC(=NCc1nnc2n1CCCCC2)NC1CN(C(C)C)CC1C.I. The molecule has 1 aromatic heterocycles. The lowest BCUT2D eigenvalue weighted by Gasteiger charge is -2.21. The highest BCUT2D eigenvalue weighted by Gasteiger charge is 2.31. The van der Waals surface area contributed by atoms with E-state index in [0.717, 1.165) is 50.2 Å². The minimum atomic E-state index is 0. The van der Waals surface area contributed by atoms with Crippen molar-refractivity contribution in [1.29, 1.82) is 0 Å². The van der Waals surface area contributed by atoms with E-state index in [1.807, 2.05) is 0 Å². The lowest BCUT2D eigenvalue weighted by atomic mass is 10.1. The van der Waals surface area contributed by atoms with Gasteiger partial charge in [-0.1, -0.05) is 13.3 Å². The van der Waals surface area contributed by atoms with Gasteiger partial charge in [-0.3, -0.25) is 4.90 Å². The van der Waals surface area contributed by atoms with E-state index in [-0.39, 0.29) is 24.0 Å². The highest BCUT2D eigenvalue weighted by Crippen LogP contribution is 2.19. The van der Waals surface area contributed by atoms with Crippen LogP contribution in [0.25, 0.3) is 0 Å². The number of halogens is 1. The minimum absolute atomic E-state index is 0. The number of aryl methyl sites for hydroxylation is 1. The van der Waals surface area contributed by atoms with Gasteiger partial charge in [0.25, 0.3) is 0 Å². The molecule has 2 N–H and O–H groups in total. The van der Waals surface area contributed by atoms with Crippen LogP contribution in [0.3, 0.4) is 0 Å². The van der Waals surface area contributed by atoms with E-state index in [1.165, 1.54) is 19.3 Å². The Hall–Kier alpha value is -0.900. The third-order valence-corrected chi connectivity index (χ3v) is 5.60. The fraction of sp³-hybridized carbons (Fsp3) is 0.842. The Labute approximate surface area is 180 Å². The number of fused-ring (bicyclic) bond motifs is 1. The van der Waals surface area contributed by atoms with Crippen LogP contribution >= 0.6 is 24.0 Å². The largest absolute Gasteiger partial charge is 0.357 e. The minimum Gasteiger partial charge on any atom is -0.357 e. The molecule has 27 heavy (non-hydrogen) atoms. The van der Waals surface area contributed by atoms with Gasteiger partial charge in [0, 0.05) is 44.7 Å².